The molecule has 1 unspecified atom stereocenters. The van der Waals surface area contributed by atoms with Crippen molar-refractivity contribution in [3.63, 3.8) is 0 Å². The molecule has 2 N–H and O–H groups in total. The molecule has 1 amide bonds. The van der Waals surface area contributed by atoms with E-state index in [9.17, 15) is 9.59 Å². The molecular weight excluding hydrogens is 254 g/mol. The van der Waals surface area contributed by atoms with Crippen LogP contribution in [0.15, 0.2) is 30.3 Å². The number of hydrogen-bond acceptors (Lipinski definition) is 2. The van der Waals surface area contributed by atoms with Gasteiger partial charge in [0.25, 0.3) is 0 Å². The Morgan fingerprint density at radius 2 is 1.95 bits per heavy atom. The summed E-state index contributed by atoms with van der Waals surface area (Å²) in [5, 5.41) is 11.8. The largest absolute Gasteiger partial charge is 0.481 e. The van der Waals surface area contributed by atoms with Crippen molar-refractivity contribution in [2.24, 2.45) is 5.41 Å². The van der Waals surface area contributed by atoms with Gasteiger partial charge < -0.3 is 10.4 Å². The van der Waals surface area contributed by atoms with Gasteiger partial charge in [0, 0.05) is 13.0 Å². The minimum Gasteiger partial charge on any atom is -0.481 e. The fourth-order valence-corrected chi connectivity index (χ4v) is 2.27. The molecule has 1 atom stereocenters. The molecule has 1 fully saturated rings. The van der Waals surface area contributed by atoms with Crippen LogP contribution in [0, 0.1) is 5.41 Å². The number of benzene rings is 1. The first-order chi connectivity index (χ1) is 9.53. The van der Waals surface area contributed by atoms with Crippen molar-refractivity contribution in [3.8, 4) is 0 Å². The van der Waals surface area contributed by atoms with Crippen molar-refractivity contribution in [1.29, 1.82) is 0 Å². The molecule has 1 aliphatic carbocycles. The minimum atomic E-state index is -0.796. The third-order valence-corrected chi connectivity index (χ3v) is 4.10. The number of aliphatic carboxylic acids is 1. The summed E-state index contributed by atoms with van der Waals surface area (Å²) < 4.78 is 0. The zero-order chi connectivity index (χ0) is 14.6. The number of carboxylic acids is 1. The second-order valence-electron chi connectivity index (χ2n) is 5.71. The maximum atomic E-state index is 11.8. The Balaban J connectivity index is 1.72. The SMILES string of the molecule is CC(CCC(=O)NCC1(C(=O)O)CC1)c1ccccc1. The lowest BCUT2D eigenvalue weighted by molar-refractivity contribution is -0.143. The number of carboxylic acid groups (broad SMARTS) is 1. The van der Waals surface area contributed by atoms with E-state index < -0.39 is 11.4 Å². The van der Waals surface area contributed by atoms with Crippen LogP contribution < -0.4 is 5.32 Å². The average Bonchev–Trinajstić information content (AvgIpc) is 3.25. The molecule has 1 aliphatic rings. The van der Waals surface area contributed by atoms with Gasteiger partial charge in [-0.05, 0) is 30.7 Å². The maximum Gasteiger partial charge on any atom is 0.311 e. The molecule has 1 saturated carbocycles. The van der Waals surface area contributed by atoms with E-state index in [1.54, 1.807) is 0 Å². The quantitative estimate of drug-likeness (QED) is 0.803. The highest BCUT2D eigenvalue weighted by atomic mass is 16.4. The van der Waals surface area contributed by atoms with Crippen LogP contribution in [0.4, 0.5) is 0 Å². The van der Waals surface area contributed by atoms with E-state index in [0.717, 1.165) is 6.42 Å². The lowest BCUT2D eigenvalue weighted by Gasteiger charge is -2.13. The van der Waals surface area contributed by atoms with E-state index in [0.29, 0.717) is 25.2 Å². The third kappa shape index (κ3) is 3.59. The van der Waals surface area contributed by atoms with Gasteiger partial charge in [0.15, 0.2) is 0 Å². The first-order valence-electron chi connectivity index (χ1n) is 7.08. The first kappa shape index (κ1) is 14.6. The van der Waals surface area contributed by atoms with Crippen LogP contribution in [0.1, 0.15) is 44.1 Å². The van der Waals surface area contributed by atoms with Crippen molar-refractivity contribution >= 4 is 11.9 Å². The topological polar surface area (TPSA) is 66.4 Å². The molecule has 2 rings (SSSR count). The van der Waals surface area contributed by atoms with Crippen LogP contribution in [0.3, 0.4) is 0 Å². The van der Waals surface area contributed by atoms with Crippen molar-refractivity contribution < 1.29 is 14.7 Å². The highest BCUT2D eigenvalue weighted by molar-refractivity contribution is 5.80. The number of rotatable bonds is 7. The second kappa shape index (κ2) is 6.07. The van der Waals surface area contributed by atoms with Gasteiger partial charge in [-0.25, -0.2) is 0 Å². The van der Waals surface area contributed by atoms with Gasteiger partial charge in [-0.1, -0.05) is 37.3 Å². The van der Waals surface area contributed by atoms with E-state index in [1.807, 2.05) is 18.2 Å². The molecule has 0 spiro atoms. The Bertz CT molecular complexity index is 480. The van der Waals surface area contributed by atoms with E-state index in [1.165, 1.54) is 5.56 Å². The van der Waals surface area contributed by atoms with Gasteiger partial charge in [0.2, 0.25) is 5.91 Å². The van der Waals surface area contributed by atoms with Crippen LogP contribution in [-0.2, 0) is 9.59 Å². The molecule has 0 saturated heterocycles. The second-order valence-corrected chi connectivity index (χ2v) is 5.71. The lowest BCUT2D eigenvalue weighted by Crippen LogP contribution is -2.34. The Morgan fingerprint density at radius 1 is 1.30 bits per heavy atom. The minimum absolute atomic E-state index is 0.0553. The molecule has 1 aromatic rings. The summed E-state index contributed by atoms with van der Waals surface area (Å²) in [6, 6.07) is 10.1. The summed E-state index contributed by atoms with van der Waals surface area (Å²) >= 11 is 0. The Labute approximate surface area is 119 Å². The van der Waals surface area contributed by atoms with Gasteiger partial charge >= 0.3 is 5.97 Å². The normalized spacial score (nSPS) is 17.2. The summed E-state index contributed by atoms with van der Waals surface area (Å²) in [5.41, 5.74) is 0.547. The van der Waals surface area contributed by atoms with Crippen LogP contribution in [0.5, 0.6) is 0 Å². The van der Waals surface area contributed by atoms with Crippen molar-refractivity contribution in [2.45, 2.75) is 38.5 Å². The summed E-state index contributed by atoms with van der Waals surface area (Å²) in [6.07, 6.45) is 2.55. The fourth-order valence-electron chi connectivity index (χ4n) is 2.27. The molecule has 0 heterocycles. The molecule has 20 heavy (non-hydrogen) atoms. The predicted molar refractivity (Wildman–Crippen MR) is 76.4 cm³/mol. The zero-order valence-electron chi connectivity index (χ0n) is 11.8. The molecule has 108 valence electrons. The smallest absolute Gasteiger partial charge is 0.311 e. The van der Waals surface area contributed by atoms with E-state index in [2.05, 4.69) is 24.4 Å². The van der Waals surface area contributed by atoms with E-state index in [-0.39, 0.29) is 12.5 Å². The first-order valence-corrected chi connectivity index (χ1v) is 7.08. The summed E-state index contributed by atoms with van der Waals surface area (Å²) in [6.45, 7) is 2.36. The van der Waals surface area contributed by atoms with E-state index in [4.69, 9.17) is 5.11 Å². The third-order valence-electron chi connectivity index (χ3n) is 4.10. The van der Waals surface area contributed by atoms with Gasteiger partial charge in [-0.15, -0.1) is 0 Å². The average molecular weight is 275 g/mol. The molecule has 4 heteroatoms. The van der Waals surface area contributed by atoms with Gasteiger partial charge in [0.1, 0.15) is 0 Å². The number of carbonyl (C=O) groups is 2. The highest BCUT2D eigenvalue weighted by Crippen LogP contribution is 2.45. The van der Waals surface area contributed by atoms with Gasteiger partial charge in [-0.3, -0.25) is 9.59 Å². The van der Waals surface area contributed by atoms with Crippen LogP contribution in [0.25, 0.3) is 0 Å². The van der Waals surface area contributed by atoms with Crippen molar-refractivity contribution in [3.05, 3.63) is 35.9 Å². The molecule has 0 radical (unpaired) electrons. The number of nitrogens with one attached hydrogen (secondary N) is 1. The summed E-state index contributed by atoms with van der Waals surface area (Å²) in [5.74, 6) is -0.521. The molecule has 0 aromatic heterocycles. The van der Waals surface area contributed by atoms with Crippen molar-refractivity contribution in [2.75, 3.05) is 6.54 Å². The molecule has 4 nitrogen and oxygen atoms in total. The Kier molecular flexibility index (Phi) is 4.42. The van der Waals surface area contributed by atoms with Crippen LogP contribution >= 0.6 is 0 Å². The van der Waals surface area contributed by atoms with E-state index >= 15 is 0 Å². The maximum absolute atomic E-state index is 11.8. The van der Waals surface area contributed by atoms with Crippen LogP contribution in [0.2, 0.25) is 0 Å². The molecule has 1 aromatic carbocycles. The van der Waals surface area contributed by atoms with Gasteiger partial charge in [0.05, 0.1) is 5.41 Å². The molecule has 0 aliphatic heterocycles. The molecule has 0 bridgehead atoms. The summed E-state index contributed by atoms with van der Waals surface area (Å²) in [4.78, 5) is 22.8. The standard InChI is InChI=1S/C16H21NO3/c1-12(13-5-3-2-4-6-13)7-8-14(18)17-11-16(9-10-16)15(19)20/h2-6,12H,7-11H2,1H3,(H,17,18)(H,19,20). The zero-order valence-corrected chi connectivity index (χ0v) is 11.8. The number of carbonyl (C=O) groups excluding carboxylic acids is 1. The van der Waals surface area contributed by atoms with Crippen molar-refractivity contribution in [1.82, 2.24) is 5.32 Å². The lowest BCUT2D eigenvalue weighted by atomic mass is 9.96. The monoisotopic (exact) mass is 275 g/mol. The number of hydrogen-bond donors (Lipinski definition) is 2. The summed E-state index contributed by atoms with van der Waals surface area (Å²) in [7, 11) is 0. The number of amides is 1. The fraction of sp³-hybridized carbons (Fsp3) is 0.500. The van der Waals surface area contributed by atoms with Crippen LogP contribution in [-0.4, -0.2) is 23.5 Å². The molecular formula is C16H21NO3. The highest BCUT2D eigenvalue weighted by Gasteiger charge is 2.50. The van der Waals surface area contributed by atoms with Gasteiger partial charge in [-0.2, -0.15) is 0 Å². The Hall–Kier alpha value is -1.84. The predicted octanol–water partition coefficient (Wildman–Crippen LogP) is 2.55. The Morgan fingerprint density at radius 3 is 2.50 bits per heavy atom.